The van der Waals surface area contributed by atoms with E-state index in [1.54, 1.807) is 6.26 Å². The summed E-state index contributed by atoms with van der Waals surface area (Å²) in [5.41, 5.74) is 0. The third-order valence-corrected chi connectivity index (χ3v) is 2.29. The van der Waals surface area contributed by atoms with Crippen LogP contribution in [0.1, 0.15) is 5.76 Å². The molecule has 2 heterocycles. The standard InChI is InChI=1S/C10H15N3O/c1-13-7-6-12-10(13)11-5-4-9-3-2-8-14-9/h2-3,8H,4-7H2,1H3,(H,11,12). The minimum absolute atomic E-state index is 0.872. The van der Waals surface area contributed by atoms with E-state index < -0.39 is 0 Å². The van der Waals surface area contributed by atoms with Gasteiger partial charge in [-0.05, 0) is 12.1 Å². The molecule has 0 saturated heterocycles. The topological polar surface area (TPSA) is 40.8 Å². The smallest absolute Gasteiger partial charge is 0.193 e. The third kappa shape index (κ3) is 2.07. The summed E-state index contributed by atoms with van der Waals surface area (Å²) in [6.45, 7) is 2.79. The summed E-state index contributed by atoms with van der Waals surface area (Å²) in [4.78, 5) is 6.46. The average Bonchev–Trinajstić information content (AvgIpc) is 2.78. The van der Waals surface area contributed by atoms with Gasteiger partial charge < -0.3 is 14.6 Å². The van der Waals surface area contributed by atoms with Crippen molar-refractivity contribution in [2.24, 2.45) is 4.99 Å². The van der Waals surface area contributed by atoms with Crippen LogP contribution in [0.2, 0.25) is 0 Å². The first-order valence-electron chi connectivity index (χ1n) is 4.88. The van der Waals surface area contributed by atoms with Gasteiger partial charge >= 0.3 is 0 Å². The summed E-state index contributed by atoms with van der Waals surface area (Å²) >= 11 is 0. The molecule has 0 aliphatic carbocycles. The van der Waals surface area contributed by atoms with E-state index in [4.69, 9.17) is 4.42 Å². The molecule has 14 heavy (non-hydrogen) atoms. The van der Waals surface area contributed by atoms with Crippen molar-refractivity contribution in [2.75, 3.05) is 26.7 Å². The molecule has 0 fully saturated rings. The predicted molar refractivity (Wildman–Crippen MR) is 55.3 cm³/mol. The highest BCUT2D eigenvalue weighted by Gasteiger charge is 2.10. The second-order valence-electron chi connectivity index (χ2n) is 3.38. The van der Waals surface area contributed by atoms with E-state index in [1.807, 2.05) is 19.2 Å². The second kappa shape index (κ2) is 4.17. The van der Waals surface area contributed by atoms with E-state index >= 15 is 0 Å². The normalized spacial score (nSPS) is 15.8. The van der Waals surface area contributed by atoms with Crippen molar-refractivity contribution in [1.29, 1.82) is 0 Å². The highest BCUT2D eigenvalue weighted by atomic mass is 16.3. The molecule has 4 nitrogen and oxygen atoms in total. The number of hydrogen-bond donors (Lipinski definition) is 1. The van der Waals surface area contributed by atoms with E-state index in [1.165, 1.54) is 0 Å². The van der Waals surface area contributed by atoms with Gasteiger partial charge in [-0.15, -0.1) is 0 Å². The summed E-state index contributed by atoms with van der Waals surface area (Å²) in [5, 5.41) is 3.29. The lowest BCUT2D eigenvalue weighted by molar-refractivity contribution is 0.499. The van der Waals surface area contributed by atoms with Gasteiger partial charge in [-0.25, -0.2) is 0 Å². The Morgan fingerprint density at radius 1 is 1.64 bits per heavy atom. The number of likely N-dealkylation sites (N-methyl/N-ethyl adjacent to an activating group) is 1. The Labute approximate surface area is 83.6 Å². The molecular formula is C10H15N3O. The van der Waals surface area contributed by atoms with Crippen LogP contribution < -0.4 is 5.32 Å². The van der Waals surface area contributed by atoms with Crippen LogP contribution in [-0.2, 0) is 6.42 Å². The van der Waals surface area contributed by atoms with Crippen LogP contribution in [0.3, 0.4) is 0 Å². The molecule has 4 heteroatoms. The average molecular weight is 193 g/mol. The molecule has 0 spiro atoms. The molecule has 1 aliphatic heterocycles. The first-order valence-corrected chi connectivity index (χ1v) is 4.88. The van der Waals surface area contributed by atoms with Crippen LogP contribution in [0.15, 0.2) is 27.8 Å². The number of nitrogens with one attached hydrogen (secondary N) is 1. The van der Waals surface area contributed by atoms with Gasteiger partial charge in [0.1, 0.15) is 5.76 Å². The van der Waals surface area contributed by atoms with Crippen LogP contribution in [0.5, 0.6) is 0 Å². The molecule has 0 amide bonds. The molecule has 0 aromatic carbocycles. The van der Waals surface area contributed by atoms with Gasteiger partial charge in [-0.2, -0.15) is 0 Å². The van der Waals surface area contributed by atoms with Crippen molar-refractivity contribution < 1.29 is 4.42 Å². The largest absolute Gasteiger partial charge is 0.469 e. The number of rotatable bonds is 3. The van der Waals surface area contributed by atoms with Gasteiger partial charge in [0, 0.05) is 26.6 Å². The van der Waals surface area contributed by atoms with Gasteiger partial charge in [0.05, 0.1) is 12.8 Å². The number of guanidine groups is 1. The monoisotopic (exact) mass is 193 g/mol. The Balaban J connectivity index is 1.73. The van der Waals surface area contributed by atoms with E-state index in [9.17, 15) is 0 Å². The molecule has 1 N–H and O–H groups in total. The molecule has 0 radical (unpaired) electrons. The molecular weight excluding hydrogens is 178 g/mol. The molecule has 1 aliphatic rings. The summed E-state index contributed by atoms with van der Waals surface area (Å²) in [6.07, 6.45) is 2.61. The Bertz CT molecular complexity index is 305. The van der Waals surface area contributed by atoms with Gasteiger partial charge in [0.2, 0.25) is 0 Å². The van der Waals surface area contributed by atoms with Crippen molar-refractivity contribution in [2.45, 2.75) is 6.42 Å². The van der Waals surface area contributed by atoms with Crippen molar-refractivity contribution in [3.63, 3.8) is 0 Å². The van der Waals surface area contributed by atoms with E-state index in [0.717, 1.165) is 37.8 Å². The first kappa shape index (κ1) is 9.12. The lowest BCUT2D eigenvalue weighted by atomic mass is 10.3. The van der Waals surface area contributed by atoms with Crippen molar-refractivity contribution in [3.05, 3.63) is 24.2 Å². The number of furan rings is 1. The van der Waals surface area contributed by atoms with Crippen LogP contribution in [-0.4, -0.2) is 37.5 Å². The minimum Gasteiger partial charge on any atom is -0.469 e. The minimum atomic E-state index is 0.872. The van der Waals surface area contributed by atoms with Crippen molar-refractivity contribution >= 4 is 5.96 Å². The zero-order valence-corrected chi connectivity index (χ0v) is 8.36. The highest BCUT2D eigenvalue weighted by molar-refractivity contribution is 5.81. The zero-order valence-electron chi connectivity index (χ0n) is 8.36. The Morgan fingerprint density at radius 2 is 2.57 bits per heavy atom. The quantitative estimate of drug-likeness (QED) is 0.768. The maximum absolute atomic E-state index is 5.23. The highest BCUT2D eigenvalue weighted by Crippen LogP contribution is 2.00. The fraction of sp³-hybridized carbons (Fsp3) is 0.500. The molecule has 2 rings (SSSR count). The Hall–Kier alpha value is -1.45. The summed E-state index contributed by atoms with van der Waals surface area (Å²) in [7, 11) is 2.05. The molecule has 1 aromatic heterocycles. The van der Waals surface area contributed by atoms with Crippen LogP contribution >= 0.6 is 0 Å². The maximum Gasteiger partial charge on any atom is 0.193 e. The lowest BCUT2D eigenvalue weighted by Gasteiger charge is -2.14. The third-order valence-electron chi connectivity index (χ3n) is 2.29. The van der Waals surface area contributed by atoms with E-state index in [-0.39, 0.29) is 0 Å². The molecule has 0 bridgehead atoms. The SMILES string of the molecule is CN1CCN=C1NCCc1ccco1. The molecule has 1 aromatic rings. The van der Waals surface area contributed by atoms with Gasteiger partial charge in [0.25, 0.3) is 0 Å². The Kier molecular flexibility index (Phi) is 2.72. The lowest BCUT2D eigenvalue weighted by Crippen LogP contribution is -2.36. The fourth-order valence-electron chi connectivity index (χ4n) is 1.48. The second-order valence-corrected chi connectivity index (χ2v) is 3.38. The first-order chi connectivity index (χ1) is 6.86. The summed E-state index contributed by atoms with van der Waals surface area (Å²) < 4.78 is 5.23. The maximum atomic E-state index is 5.23. The van der Waals surface area contributed by atoms with Crippen LogP contribution in [0.25, 0.3) is 0 Å². The predicted octanol–water partition coefficient (Wildman–Crippen LogP) is 0.713. The van der Waals surface area contributed by atoms with Crippen molar-refractivity contribution in [1.82, 2.24) is 10.2 Å². The zero-order chi connectivity index (χ0) is 9.80. The summed E-state index contributed by atoms with van der Waals surface area (Å²) in [5.74, 6) is 2.01. The van der Waals surface area contributed by atoms with E-state index in [2.05, 4.69) is 15.2 Å². The van der Waals surface area contributed by atoms with Crippen LogP contribution in [0, 0.1) is 0 Å². The van der Waals surface area contributed by atoms with E-state index in [0.29, 0.717) is 0 Å². The van der Waals surface area contributed by atoms with Gasteiger partial charge in [0.15, 0.2) is 5.96 Å². The Morgan fingerprint density at radius 3 is 3.21 bits per heavy atom. The molecule has 0 unspecified atom stereocenters. The number of hydrogen-bond acceptors (Lipinski definition) is 4. The number of nitrogens with zero attached hydrogens (tertiary/aromatic N) is 2. The van der Waals surface area contributed by atoms with Crippen molar-refractivity contribution in [3.8, 4) is 0 Å². The van der Waals surface area contributed by atoms with Gasteiger partial charge in [-0.3, -0.25) is 4.99 Å². The van der Waals surface area contributed by atoms with Gasteiger partial charge in [-0.1, -0.05) is 0 Å². The summed E-state index contributed by atoms with van der Waals surface area (Å²) in [6, 6.07) is 3.90. The fourth-order valence-corrected chi connectivity index (χ4v) is 1.48. The van der Waals surface area contributed by atoms with Crippen LogP contribution in [0.4, 0.5) is 0 Å². The number of aliphatic imine (C=N–C) groups is 1. The molecule has 0 saturated carbocycles. The molecule has 0 atom stereocenters. The molecule has 76 valence electrons.